The van der Waals surface area contributed by atoms with Crippen LogP contribution in [0.1, 0.15) is 31.0 Å². The number of carboxylic acid groups (broad SMARTS) is 1. The molecular weight excluding hydrogens is 366 g/mol. The highest BCUT2D eigenvalue weighted by Gasteiger charge is 2.40. The molecule has 0 spiro atoms. The van der Waals surface area contributed by atoms with Crippen LogP contribution in [0.4, 0.5) is 22.4 Å². The highest BCUT2D eigenvalue weighted by atomic mass is 19.4. The second kappa shape index (κ2) is 6.44. The molecule has 4 nitrogen and oxygen atoms in total. The van der Waals surface area contributed by atoms with Crippen molar-refractivity contribution in [1.29, 1.82) is 0 Å². The highest BCUT2D eigenvalue weighted by Crippen LogP contribution is 2.46. The number of ether oxygens (including phenoxy) is 1. The number of hydrogen-bond donors (Lipinski definition) is 2. The zero-order valence-electron chi connectivity index (χ0n) is 14.5. The zero-order chi connectivity index (χ0) is 20.0. The van der Waals surface area contributed by atoms with Gasteiger partial charge in [-0.15, -0.1) is 13.2 Å². The van der Waals surface area contributed by atoms with E-state index in [2.05, 4.69) is 10.1 Å². The quantitative estimate of drug-likeness (QED) is 0.709. The van der Waals surface area contributed by atoms with E-state index in [1.807, 2.05) is 13.8 Å². The number of amides is 1. The van der Waals surface area contributed by atoms with E-state index in [-0.39, 0.29) is 11.5 Å². The minimum absolute atomic E-state index is 0.338. The first kappa shape index (κ1) is 19.0. The van der Waals surface area contributed by atoms with Crippen molar-refractivity contribution in [3.63, 3.8) is 0 Å². The number of rotatable bonds is 3. The molecule has 27 heavy (non-hydrogen) atoms. The lowest BCUT2D eigenvalue weighted by atomic mass is 9.85. The number of nitrogens with one attached hydrogen (secondary N) is 1. The van der Waals surface area contributed by atoms with Crippen LogP contribution < -0.4 is 10.1 Å². The second-order valence-corrected chi connectivity index (χ2v) is 7.15. The first-order chi connectivity index (χ1) is 12.5. The number of alkyl halides is 3. The van der Waals surface area contributed by atoms with E-state index >= 15 is 0 Å². The maximum absolute atomic E-state index is 14.0. The Morgan fingerprint density at radius 2 is 1.81 bits per heavy atom. The Morgan fingerprint density at radius 1 is 1.19 bits per heavy atom. The maximum atomic E-state index is 14.0. The average Bonchev–Trinajstić information content (AvgIpc) is 2.77. The Bertz CT molecular complexity index is 893. The third-order valence-electron chi connectivity index (χ3n) is 4.64. The summed E-state index contributed by atoms with van der Waals surface area (Å²) >= 11 is 0. The van der Waals surface area contributed by atoms with Crippen LogP contribution in [-0.2, 0) is 6.42 Å². The van der Waals surface area contributed by atoms with Crippen molar-refractivity contribution >= 4 is 6.09 Å². The van der Waals surface area contributed by atoms with Crippen molar-refractivity contribution in [2.75, 3.05) is 0 Å². The van der Waals surface area contributed by atoms with Gasteiger partial charge in [-0.25, -0.2) is 9.18 Å². The molecule has 8 heteroatoms. The van der Waals surface area contributed by atoms with Crippen LogP contribution in [0, 0.1) is 11.2 Å². The third-order valence-corrected chi connectivity index (χ3v) is 4.64. The summed E-state index contributed by atoms with van der Waals surface area (Å²) in [6.45, 7) is 3.88. The van der Waals surface area contributed by atoms with E-state index in [1.165, 1.54) is 6.07 Å². The number of carbonyl (C=O) groups is 1. The zero-order valence-corrected chi connectivity index (χ0v) is 14.5. The molecule has 1 atom stereocenters. The minimum Gasteiger partial charge on any atom is -0.465 e. The number of fused-ring (bicyclic) bond motifs is 1. The Kier molecular flexibility index (Phi) is 4.53. The van der Waals surface area contributed by atoms with Gasteiger partial charge in [-0.2, -0.15) is 0 Å². The Balaban J connectivity index is 1.93. The molecular formula is C19H17F4NO3. The smallest absolute Gasteiger partial charge is 0.465 e. The molecule has 0 fully saturated rings. The predicted octanol–water partition coefficient (Wildman–Crippen LogP) is 5.28. The summed E-state index contributed by atoms with van der Waals surface area (Å²) in [6, 6.07) is 8.14. The first-order valence-electron chi connectivity index (χ1n) is 8.14. The molecule has 1 aliphatic rings. The summed E-state index contributed by atoms with van der Waals surface area (Å²) in [6.07, 6.45) is -5.47. The van der Waals surface area contributed by atoms with Crippen LogP contribution in [0.15, 0.2) is 36.4 Å². The lowest BCUT2D eigenvalue weighted by molar-refractivity contribution is -0.275. The molecule has 0 saturated heterocycles. The molecule has 0 aromatic heterocycles. The summed E-state index contributed by atoms with van der Waals surface area (Å²) in [5, 5.41) is 11.6. The van der Waals surface area contributed by atoms with Gasteiger partial charge in [0, 0.05) is 0 Å². The van der Waals surface area contributed by atoms with E-state index in [1.54, 1.807) is 18.2 Å². The highest BCUT2D eigenvalue weighted by molar-refractivity contribution is 5.69. The van der Waals surface area contributed by atoms with Gasteiger partial charge in [0.2, 0.25) is 0 Å². The van der Waals surface area contributed by atoms with Gasteiger partial charge in [0.05, 0.1) is 6.04 Å². The van der Waals surface area contributed by atoms with Crippen LogP contribution in [0.5, 0.6) is 5.75 Å². The van der Waals surface area contributed by atoms with Gasteiger partial charge in [0.25, 0.3) is 0 Å². The van der Waals surface area contributed by atoms with E-state index in [0.29, 0.717) is 17.5 Å². The number of hydrogen-bond acceptors (Lipinski definition) is 2. The largest absolute Gasteiger partial charge is 0.573 e. The van der Waals surface area contributed by atoms with Crippen molar-refractivity contribution in [2.45, 2.75) is 32.7 Å². The van der Waals surface area contributed by atoms with Crippen LogP contribution >= 0.6 is 0 Å². The van der Waals surface area contributed by atoms with E-state index in [9.17, 15) is 22.4 Å². The summed E-state index contributed by atoms with van der Waals surface area (Å²) in [7, 11) is 0. The fourth-order valence-electron chi connectivity index (χ4n) is 3.52. The van der Waals surface area contributed by atoms with Crippen molar-refractivity contribution < 1.29 is 32.2 Å². The van der Waals surface area contributed by atoms with Crippen LogP contribution in [0.25, 0.3) is 11.1 Å². The molecule has 144 valence electrons. The SMILES string of the molecule is CC1(C)Cc2cc(-c3ccc(OC(F)(F)F)c(F)c3)ccc2C1NC(=O)O. The maximum Gasteiger partial charge on any atom is 0.573 e. The summed E-state index contributed by atoms with van der Waals surface area (Å²) < 4.78 is 54.4. The van der Waals surface area contributed by atoms with Crippen LogP contribution in [0.2, 0.25) is 0 Å². The molecule has 0 bridgehead atoms. The van der Waals surface area contributed by atoms with E-state index < -0.39 is 24.0 Å². The summed E-state index contributed by atoms with van der Waals surface area (Å²) in [5.74, 6) is -2.00. The lowest BCUT2D eigenvalue weighted by Crippen LogP contribution is -2.34. The van der Waals surface area contributed by atoms with Crippen molar-refractivity contribution in [1.82, 2.24) is 5.32 Å². The number of halogens is 4. The van der Waals surface area contributed by atoms with Gasteiger partial charge in [0.15, 0.2) is 11.6 Å². The standard InChI is InChI=1S/C19H17F4NO3/c1-18(2)9-12-7-10(3-5-13(12)16(18)24-17(25)26)11-4-6-15(14(20)8-11)27-19(21,22)23/h3-8,16,24H,9H2,1-2H3,(H,25,26). The molecule has 2 aromatic carbocycles. The molecule has 0 heterocycles. The fourth-order valence-corrected chi connectivity index (χ4v) is 3.52. The van der Waals surface area contributed by atoms with E-state index in [4.69, 9.17) is 5.11 Å². The molecule has 3 rings (SSSR count). The average molecular weight is 383 g/mol. The van der Waals surface area contributed by atoms with Gasteiger partial charge >= 0.3 is 12.5 Å². The first-order valence-corrected chi connectivity index (χ1v) is 8.14. The third kappa shape index (κ3) is 3.99. The second-order valence-electron chi connectivity index (χ2n) is 7.15. The van der Waals surface area contributed by atoms with Crippen LogP contribution in [-0.4, -0.2) is 17.6 Å². The summed E-state index contributed by atoms with van der Waals surface area (Å²) in [5.41, 5.74) is 2.43. The van der Waals surface area contributed by atoms with Crippen molar-refractivity contribution in [2.24, 2.45) is 5.41 Å². The number of benzene rings is 2. The predicted molar refractivity (Wildman–Crippen MR) is 89.9 cm³/mol. The monoisotopic (exact) mass is 383 g/mol. The van der Waals surface area contributed by atoms with Gasteiger partial charge < -0.3 is 15.2 Å². The van der Waals surface area contributed by atoms with Crippen molar-refractivity contribution in [3.8, 4) is 16.9 Å². The van der Waals surface area contributed by atoms with Gasteiger partial charge in [-0.05, 0) is 46.2 Å². The minimum atomic E-state index is -4.96. The van der Waals surface area contributed by atoms with Gasteiger partial charge in [-0.3, -0.25) is 0 Å². The molecule has 1 amide bonds. The van der Waals surface area contributed by atoms with Crippen LogP contribution in [0.3, 0.4) is 0 Å². The molecule has 2 N–H and O–H groups in total. The van der Waals surface area contributed by atoms with E-state index in [0.717, 1.165) is 23.3 Å². The van der Waals surface area contributed by atoms with Gasteiger partial charge in [0.1, 0.15) is 0 Å². The molecule has 0 saturated carbocycles. The van der Waals surface area contributed by atoms with Gasteiger partial charge in [-0.1, -0.05) is 38.1 Å². The fraction of sp³-hybridized carbons (Fsp3) is 0.316. The Hall–Kier alpha value is -2.77. The summed E-state index contributed by atoms with van der Waals surface area (Å²) in [4.78, 5) is 11.1. The van der Waals surface area contributed by atoms with Crippen molar-refractivity contribution in [3.05, 3.63) is 53.3 Å². The lowest BCUT2D eigenvalue weighted by Gasteiger charge is -2.27. The topological polar surface area (TPSA) is 58.6 Å². The molecule has 1 unspecified atom stereocenters. The molecule has 1 aliphatic carbocycles. The Morgan fingerprint density at radius 3 is 2.41 bits per heavy atom. The molecule has 0 radical (unpaired) electrons. The Labute approximate surface area is 152 Å². The molecule has 2 aromatic rings. The normalized spacial score (nSPS) is 18.1. The molecule has 0 aliphatic heterocycles.